The van der Waals surface area contributed by atoms with Gasteiger partial charge in [0.15, 0.2) is 46.4 Å². The largest absolute Gasteiger partial charge is 1.00 e. The van der Waals surface area contributed by atoms with E-state index in [0.29, 0.717) is 78.0 Å². The maximum Gasteiger partial charge on any atom is 0.275 e. The van der Waals surface area contributed by atoms with Gasteiger partial charge in [-0.1, -0.05) is 49.4 Å². The smallest absolute Gasteiger partial charge is 0.275 e. The van der Waals surface area contributed by atoms with Crippen molar-refractivity contribution in [2.24, 2.45) is 0 Å². The van der Waals surface area contributed by atoms with Crippen LogP contribution in [0.25, 0.3) is 0 Å². The summed E-state index contributed by atoms with van der Waals surface area (Å²) >= 11 is 10.9. The molecule has 0 atom stereocenters. The first-order valence-corrected chi connectivity index (χ1v) is 41.9. The van der Waals surface area contributed by atoms with E-state index in [2.05, 4.69) is 114 Å². The molecule has 0 aromatic carbocycles. The number of hydrogen-bond acceptors (Lipinski definition) is 10. The lowest BCUT2D eigenvalue weighted by Crippen LogP contribution is -3.00. The van der Waals surface area contributed by atoms with Crippen LogP contribution < -0.4 is 62.0 Å². The van der Waals surface area contributed by atoms with Gasteiger partial charge in [-0.15, -0.1) is 23.2 Å². The first-order chi connectivity index (χ1) is 36.7. The Kier molecular flexibility index (Phi) is 64.3. The van der Waals surface area contributed by atoms with Crippen molar-refractivity contribution in [3.8, 4) is 0 Å². The van der Waals surface area contributed by atoms with Crippen LogP contribution in [0.3, 0.4) is 0 Å². The molecule has 0 saturated heterocycles. The third-order valence-electron chi connectivity index (χ3n) is 12.3. The van der Waals surface area contributed by atoms with E-state index in [4.69, 9.17) is 31.4 Å². The van der Waals surface area contributed by atoms with Gasteiger partial charge in [0.2, 0.25) is 29.5 Å². The topological polar surface area (TPSA) is 225 Å². The maximum absolute atomic E-state index is 12.5. The van der Waals surface area contributed by atoms with Crippen LogP contribution in [0.5, 0.6) is 0 Å². The highest BCUT2D eigenvalue weighted by molar-refractivity contribution is 6.85. The van der Waals surface area contributed by atoms with Gasteiger partial charge in [-0.3, -0.25) is 33.6 Å². The summed E-state index contributed by atoms with van der Waals surface area (Å²) in [5, 5.41) is 20.1. The van der Waals surface area contributed by atoms with E-state index in [0.717, 1.165) is 95.3 Å². The molecule has 0 aromatic heterocycles. The van der Waals surface area contributed by atoms with Gasteiger partial charge >= 0.3 is 0 Å². The Morgan fingerprint density at radius 2 is 0.628 bits per heavy atom. The van der Waals surface area contributed by atoms with Crippen molar-refractivity contribution < 1.29 is 75.6 Å². The quantitative estimate of drug-likeness (QED) is 0.0156. The summed E-state index contributed by atoms with van der Waals surface area (Å²) in [5.74, 6) is -0.454. The van der Waals surface area contributed by atoms with Crippen molar-refractivity contribution in [1.29, 1.82) is 0 Å². The molecule has 0 heterocycles. The van der Waals surface area contributed by atoms with Crippen LogP contribution in [0.15, 0.2) is 36.5 Å². The summed E-state index contributed by atoms with van der Waals surface area (Å²) in [7, 11) is 4.87. The van der Waals surface area contributed by atoms with E-state index in [1.54, 1.807) is 20.8 Å². The molecule has 19 nitrogen and oxygen atoms in total. The van der Waals surface area contributed by atoms with Gasteiger partial charge in [0.05, 0.1) is 41.3 Å². The Labute approximate surface area is 553 Å². The average Bonchev–Trinajstić information content (AvgIpc) is 3.32. The first-order valence-electron chi connectivity index (χ1n) is 28.4. The number of nitrogens with zero attached hydrogens (tertiary/aromatic N) is 3. The minimum absolute atomic E-state index is 0. The predicted molar refractivity (Wildman–Crippen MR) is 370 cm³/mol. The summed E-state index contributed by atoms with van der Waals surface area (Å²) in [6.45, 7) is 41.6. The molecule has 0 aliphatic rings. The van der Waals surface area contributed by atoms with Crippen LogP contribution in [-0.4, -0.2) is 221 Å². The van der Waals surface area contributed by atoms with Gasteiger partial charge < -0.3 is 84.1 Å². The Morgan fingerprint density at radius 3 is 0.849 bits per heavy atom. The standard InChI is InChI=1S/C32H64N6O5Si2.C14H30Cl2N2O3Si2.C9H18N2O.4CH4.2ClH/c1-27(2)31(41)35-17-13-21-37(5,6)25-29(39)33-19-15-23-44(9,10)43-45(11,12)24-16-20-34-30(40)26-38(7,8)22-14-18-36-32(42)28(3)4;1-22(2,9-5-7-17-13(19)11-15)21-23(3,4)10-6-8-18-14(20)12-16;1-8(2)9(12)10-6-5-7-11(3)4;;;;;;/h1,3,13-26H2,2,4-12H3,(H2-2,33,34,35,36,39,40,41,42);5-12H2,1-4H3,(H,17,19)(H,18,20);1,5-7H2,2-4H3,(H,10,12);4*1H4;2*1H. The normalized spacial score (nSPS) is 11.1. The SMILES string of the molecule is C.C.C.C.C=C(C)C(=O)NCCCN(C)C.C=C(C)C(=O)NCCC[N+](C)(C)CC(=O)NCCC[Si](C)(C)O[Si](C)(C)CCCNC(=O)C[N+](C)(C)CCCNC(=O)C(=C)C.C[Si](C)(CCCNC(=O)CCl)O[Si](C)(C)CCCNC(=O)CCl.[Cl-].[Cl-]. The molecule has 0 rings (SSSR count). The Morgan fingerprint density at radius 1 is 0.407 bits per heavy atom. The van der Waals surface area contributed by atoms with E-state index in [1.165, 1.54) is 0 Å². The molecule has 0 aromatic rings. The fraction of sp³-hybridized carbons (Fsp3) is 0.780. The van der Waals surface area contributed by atoms with E-state index in [1.807, 2.05) is 42.3 Å². The van der Waals surface area contributed by atoms with Crippen LogP contribution in [0.2, 0.25) is 76.6 Å². The van der Waals surface area contributed by atoms with E-state index < -0.39 is 33.3 Å². The number of carbonyl (C=O) groups excluding carboxylic acids is 7. The molecule has 0 saturated carbocycles. The number of nitrogens with one attached hydrogen (secondary N) is 7. The van der Waals surface area contributed by atoms with Gasteiger partial charge in [-0.25, -0.2) is 0 Å². The highest BCUT2D eigenvalue weighted by Gasteiger charge is 2.34. The van der Waals surface area contributed by atoms with Crippen LogP contribution >= 0.6 is 23.2 Å². The fourth-order valence-corrected chi connectivity index (χ4v) is 26.2. The third-order valence-corrected chi connectivity index (χ3v) is 27.8. The molecule has 0 unspecified atom stereocenters. The second-order valence-corrected chi connectivity index (χ2v) is 43.2. The molecule has 86 heavy (non-hydrogen) atoms. The summed E-state index contributed by atoms with van der Waals surface area (Å²) in [6.07, 6.45) is 6.17. The Balaban J connectivity index is -0.000000173. The second-order valence-electron chi connectivity index (χ2n) is 24.9. The molecular weight excluding hydrogens is 1250 g/mol. The molecule has 0 aliphatic heterocycles. The molecule has 0 fully saturated rings. The summed E-state index contributed by atoms with van der Waals surface area (Å²) < 4.78 is 14.4. The summed E-state index contributed by atoms with van der Waals surface area (Å²) in [6, 6.07) is 3.97. The molecule has 514 valence electrons. The number of amides is 7. The number of carbonyl (C=O) groups is 7. The molecule has 0 aliphatic carbocycles. The number of likely N-dealkylation sites (N-methyl/N-ethyl adjacent to an activating group) is 2. The van der Waals surface area contributed by atoms with Gasteiger partial charge in [0.1, 0.15) is 11.8 Å². The molecule has 7 N–H and O–H groups in total. The van der Waals surface area contributed by atoms with E-state index in [9.17, 15) is 33.6 Å². The van der Waals surface area contributed by atoms with Crippen LogP contribution in [0, 0.1) is 0 Å². The lowest BCUT2D eigenvalue weighted by Gasteiger charge is -2.34. The highest BCUT2D eigenvalue weighted by atomic mass is 35.5. The predicted octanol–water partition coefficient (Wildman–Crippen LogP) is 2.83. The molecule has 0 bridgehead atoms. The van der Waals surface area contributed by atoms with Crippen LogP contribution in [0.1, 0.15) is 95.4 Å². The average molecular weight is 1380 g/mol. The van der Waals surface area contributed by atoms with E-state index in [-0.39, 0.29) is 108 Å². The van der Waals surface area contributed by atoms with Crippen LogP contribution in [-0.2, 0) is 41.8 Å². The second kappa shape index (κ2) is 54.1. The monoisotopic (exact) mass is 1370 g/mol. The van der Waals surface area contributed by atoms with Gasteiger partial charge in [-0.2, -0.15) is 0 Å². The molecule has 7 amide bonds. The number of rotatable bonds is 41. The van der Waals surface area contributed by atoms with Crippen molar-refractivity contribution in [2.75, 3.05) is 133 Å². The van der Waals surface area contributed by atoms with Crippen molar-refractivity contribution in [3.63, 3.8) is 0 Å². The zero-order chi connectivity index (χ0) is 62.4. The summed E-state index contributed by atoms with van der Waals surface area (Å²) in [4.78, 5) is 83.5. The zero-order valence-corrected chi connectivity index (χ0v) is 60.9. The maximum atomic E-state index is 12.5. The highest BCUT2D eigenvalue weighted by Crippen LogP contribution is 2.25. The molecule has 0 radical (unpaired) electrons. The van der Waals surface area contributed by atoms with Crippen molar-refractivity contribution in [1.82, 2.24) is 42.1 Å². The first kappa shape index (κ1) is 102. The lowest BCUT2D eigenvalue weighted by atomic mass is 10.3. The minimum Gasteiger partial charge on any atom is -1.00 e. The number of alkyl halides is 2. The summed E-state index contributed by atoms with van der Waals surface area (Å²) in [5.41, 5.74) is 1.57. The molecule has 27 heteroatoms. The minimum atomic E-state index is -1.90. The van der Waals surface area contributed by atoms with Crippen molar-refractivity contribution in [2.45, 2.75) is 172 Å². The number of halogens is 4. The van der Waals surface area contributed by atoms with Crippen molar-refractivity contribution in [3.05, 3.63) is 36.5 Å². The lowest BCUT2D eigenvalue weighted by molar-refractivity contribution is -0.882. The zero-order valence-electron chi connectivity index (χ0n) is 53.8. The van der Waals surface area contributed by atoms with Gasteiger partial charge in [0, 0.05) is 75.4 Å². The number of quaternary nitrogens is 2. The van der Waals surface area contributed by atoms with Crippen LogP contribution in [0.4, 0.5) is 0 Å². The third kappa shape index (κ3) is 64.3. The van der Waals surface area contributed by atoms with Gasteiger partial charge in [0.25, 0.3) is 11.8 Å². The Bertz CT molecular complexity index is 1830. The Hall–Kier alpha value is -2.66. The van der Waals surface area contributed by atoms with Crippen molar-refractivity contribution >= 4 is 97.8 Å². The molecule has 0 spiro atoms. The number of hydrogen-bond donors (Lipinski definition) is 7. The van der Waals surface area contributed by atoms with E-state index >= 15 is 0 Å². The molecular formula is C59H130Cl4N10O9Si4. The van der Waals surface area contributed by atoms with Gasteiger partial charge in [-0.05, 0) is 150 Å². The fourth-order valence-electron chi connectivity index (χ4n) is 8.28.